The highest BCUT2D eigenvalue weighted by Crippen LogP contribution is 2.30. The van der Waals surface area contributed by atoms with Crippen LogP contribution in [0.5, 0.6) is 0 Å². The van der Waals surface area contributed by atoms with Gasteiger partial charge in [0.2, 0.25) is 0 Å². The summed E-state index contributed by atoms with van der Waals surface area (Å²) in [5.41, 5.74) is 6.48. The number of nitrogens with zero attached hydrogens (tertiary/aromatic N) is 3. The van der Waals surface area contributed by atoms with Gasteiger partial charge in [0.25, 0.3) is 0 Å². The Balaban J connectivity index is 0.000000239. The van der Waals surface area contributed by atoms with Gasteiger partial charge < -0.3 is 9.62 Å². The molecule has 7 heteroatoms. The molecule has 1 N–H and O–H groups in total. The van der Waals surface area contributed by atoms with Gasteiger partial charge in [-0.15, -0.1) is 6.58 Å². The Hall–Kier alpha value is -3.35. The minimum absolute atomic E-state index is 0.690. The Kier molecular flexibility index (Phi) is 15.5. The molecule has 4 aromatic rings. The minimum Gasteiger partial charge on any atom is -0.388 e. The molecule has 1 saturated heterocycles. The van der Waals surface area contributed by atoms with Crippen LogP contribution in [-0.4, -0.2) is 35.6 Å². The number of carbonyl (C=O) groups excluding carboxylic acids is 1. The summed E-state index contributed by atoms with van der Waals surface area (Å²) >= 11 is 8.15. The molecule has 0 aliphatic carbocycles. The quantitative estimate of drug-likeness (QED) is 0.148. The largest absolute Gasteiger partial charge is 0.388 e. The first-order chi connectivity index (χ1) is 19.5. The van der Waals surface area contributed by atoms with Gasteiger partial charge in [0.1, 0.15) is 6.29 Å². The maximum Gasteiger partial charge on any atom is 0.150 e. The van der Waals surface area contributed by atoms with Crippen molar-refractivity contribution in [3.05, 3.63) is 96.2 Å². The number of nitrogens with one attached hydrogen (secondary N) is 1. The second kappa shape index (κ2) is 18.9. The zero-order chi connectivity index (χ0) is 29.2. The summed E-state index contributed by atoms with van der Waals surface area (Å²) in [6.07, 6.45) is 9.56. The van der Waals surface area contributed by atoms with Gasteiger partial charge in [-0.2, -0.15) is 0 Å². The molecule has 1 aliphatic rings. The van der Waals surface area contributed by atoms with E-state index in [9.17, 15) is 4.79 Å². The lowest BCUT2D eigenvalue weighted by molar-refractivity contribution is 0.112. The highest BCUT2D eigenvalue weighted by molar-refractivity contribution is 8.00. The van der Waals surface area contributed by atoms with E-state index in [1.54, 1.807) is 12.3 Å². The predicted molar refractivity (Wildman–Crippen MR) is 177 cm³/mol. The van der Waals surface area contributed by atoms with Crippen LogP contribution in [0.3, 0.4) is 0 Å². The summed E-state index contributed by atoms with van der Waals surface area (Å²) in [5.74, 6) is 1.20. The monoisotopic (exact) mass is 576 g/mol. The predicted octanol–water partition coefficient (Wildman–Crippen LogP) is 9.74. The third-order valence-corrected chi connectivity index (χ3v) is 7.06. The third-order valence-electron chi connectivity index (χ3n) is 5.56. The van der Waals surface area contributed by atoms with Crippen LogP contribution in [0.15, 0.2) is 85.6 Å². The first-order valence-electron chi connectivity index (χ1n) is 13.7. The molecule has 1 aliphatic heterocycles. The van der Waals surface area contributed by atoms with Gasteiger partial charge in [0, 0.05) is 48.0 Å². The van der Waals surface area contributed by atoms with Crippen molar-refractivity contribution >= 4 is 52.2 Å². The number of aldehydes is 1. The van der Waals surface area contributed by atoms with Crippen LogP contribution in [0.2, 0.25) is 5.02 Å². The van der Waals surface area contributed by atoms with Gasteiger partial charge in [-0.1, -0.05) is 44.4 Å². The van der Waals surface area contributed by atoms with E-state index in [1.807, 2.05) is 92.6 Å². The van der Waals surface area contributed by atoms with E-state index >= 15 is 0 Å². The van der Waals surface area contributed by atoms with Crippen molar-refractivity contribution in [2.24, 2.45) is 0 Å². The molecule has 0 spiro atoms. The molecular weight excluding hydrogens is 536 g/mol. The number of hydrogen-bond acceptors (Lipinski definition) is 6. The molecule has 3 heterocycles. The topological polar surface area (TPSA) is 58.1 Å². The number of benzene rings is 2. The summed E-state index contributed by atoms with van der Waals surface area (Å²) in [4.78, 5) is 19.4. The van der Waals surface area contributed by atoms with E-state index in [1.165, 1.54) is 37.1 Å². The molecule has 2 aromatic heterocycles. The van der Waals surface area contributed by atoms with E-state index in [2.05, 4.69) is 40.0 Å². The smallest absolute Gasteiger partial charge is 0.150 e. The van der Waals surface area contributed by atoms with E-state index in [-0.39, 0.29) is 0 Å². The molecule has 5 nitrogen and oxygen atoms in total. The standard InChI is InChI=1S/C15H12ClN3.C12H15NOS.C3H8.C3H6/c1-17-10-4-5-12(16)11(9-10)13-6-7-14-15(19-13)3-2-8-18-14;14-10-11-4-6-12(7-5-11)13-8-2-1-3-9-15-13;2*1-3-2/h2-9,17H,1H3;4-7,10H,1-3,8-9H2;3H2,1-2H3;3H,1H2,2H3. The van der Waals surface area contributed by atoms with Gasteiger partial charge in [-0.3, -0.25) is 9.78 Å². The maximum absolute atomic E-state index is 10.5. The van der Waals surface area contributed by atoms with Crippen LogP contribution in [0.25, 0.3) is 22.3 Å². The Morgan fingerprint density at radius 1 is 1.02 bits per heavy atom. The molecule has 212 valence electrons. The molecule has 1 fully saturated rings. The summed E-state index contributed by atoms with van der Waals surface area (Å²) in [6.45, 7) is 10.6. The number of anilines is 2. The van der Waals surface area contributed by atoms with Crippen molar-refractivity contribution in [1.82, 2.24) is 9.97 Å². The Morgan fingerprint density at radius 2 is 1.75 bits per heavy atom. The average Bonchev–Trinajstić information content (AvgIpc) is 3.28. The van der Waals surface area contributed by atoms with Crippen molar-refractivity contribution in [2.45, 2.75) is 46.5 Å². The van der Waals surface area contributed by atoms with E-state index in [0.29, 0.717) is 5.02 Å². The van der Waals surface area contributed by atoms with Crippen LogP contribution in [0.4, 0.5) is 11.4 Å². The van der Waals surface area contributed by atoms with Crippen molar-refractivity contribution in [3.8, 4) is 11.3 Å². The zero-order valence-electron chi connectivity index (χ0n) is 24.1. The second-order valence-electron chi connectivity index (χ2n) is 9.00. The average molecular weight is 577 g/mol. The number of fused-ring (bicyclic) bond motifs is 1. The van der Waals surface area contributed by atoms with Gasteiger partial charge in [0.15, 0.2) is 0 Å². The molecular formula is C33H41ClN4OS. The minimum atomic E-state index is 0.690. The van der Waals surface area contributed by atoms with Crippen LogP contribution in [0, 0.1) is 0 Å². The number of halogens is 1. The molecule has 5 rings (SSSR count). The van der Waals surface area contributed by atoms with Crippen LogP contribution < -0.4 is 9.62 Å². The molecule has 2 aromatic carbocycles. The van der Waals surface area contributed by atoms with Crippen molar-refractivity contribution < 1.29 is 4.79 Å². The first-order valence-corrected chi connectivity index (χ1v) is 15.0. The number of aromatic nitrogens is 2. The molecule has 0 saturated carbocycles. The summed E-state index contributed by atoms with van der Waals surface area (Å²) in [6, 6.07) is 21.4. The summed E-state index contributed by atoms with van der Waals surface area (Å²) in [5, 5.41) is 3.79. The second-order valence-corrected chi connectivity index (χ2v) is 10.5. The number of carbonyl (C=O) groups is 1. The number of pyridine rings is 2. The van der Waals surface area contributed by atoms with Crippen molar-refractivity contribution in [3.63, 3.8) is 0 Å². The number of allylic oxidation sites excluding steroid dienone is 1. The van der Waals surface area contributed by atoms with Gasteiger partial charge in [-0.05, 0) is 98.4 Å². The lowest BCUT2D eigenvalue weighted by Gasteiger charge is -2.20. The third kappa shape index (κ3) is 10.7. The summed E-state index contributed by atoms with van der Waals surface area (Å²) < 4.78 is 2.33. The molecule has 0 amide bonds. The van der Waals surface area contributed by atoms with Gasteiger partial charge >= 0.3 is 0 Å². The van der Waals surface area contributed by atoms with E-state index < -0.39 is 0 Å². The SMILES string of the molecule is C=CC.CCC.CNc1ccc(Cl)c(-c2ccc3ncccc3n2)c1.O=Cc1ccc(N2CCCCCS2)cc1. The number of rotatable bonds is 4. The van der Waals surface area contributed by atoms with Crippen molar-refractivity contribution in [1.29, 1.82) is 0 Å². The van der Waals surface area contributed by atoms with Crippen LogP contribution >= 0.6 is 23.5 Å². The van der Waals surface area contributed by atoms with Crippen LogP contribution in [0.1, 0.15) is 56.8 Å². The highest BCUT2D eigenvalue weighted by atomic mass is 35.5. The molecule has 0 bridgehead atoms. The molecule has 0 unspecified atom stereocenters. The maximum atomic E-state index is 10.5. The first kappa shape index (κ1) is 32.9. The Morgan fingerprint density at radius 3 is 2.42 bits per heavy atom. The molecule has 0 atom stereocenters. The lowest BCUT2D eigenvalue weighted by Crippen LogP contribution is -2.14. The van der Waals surface area contributed by atoms with Crippen LogP contribution in [-0.2, 0) is 0 Å². The van der Waals surface area contributed by atoms with E-state index in [4.69, 9.17) is 11.6 Å². The van der Waals surface area contributed by atoms with E-state index in [0.717, 1.165) is 46.4 Å². The Labute approximate surface area is 249 Å². The molecule has 0 radical (unpaired) electrons. The fourth-order valence-electron chi connectivity index (χ4n) is 3.68. The van der Waals surface area contributed by atoms with Gasteiger partial charge in [-0.25, -0.2) is 4.98 Å². The Bertz CT molecular complexity index is 1310. The normalized spacial score (nSPS) is 12.3. The summed E-state index contributed by atoms with van der Waals surface area (Å²) in [7, 11) is 1.88. The molecule has 40 heavy (non-hydrogen) atoms. The highest BCUT2D eigenvalue weighted by Gasteiger charge is 2.10. The van der Waals surface area contributed by atoms with Gasteiger partial charge in [0.05, 0.1) is 21.7 Å². The zero-order valence-corrected chi connectivity index (χ0v) is 25.6. The lowest BCUT2D eigenvalue weighted by atomic mass is 10.1. The van der Waals surface area contributed by atoms with Crippen molar-refractivity contribution in [2.75, 3.05) is 29.0 Å². The fourth-order valence-corrected chi connectivity index (χ4v) is 4.98. The number of hydrogen-bond donors (Lipinski definition) is 1. The fraction of sp³-hybridized carbons (Fsp3) is 0.303.